The molecular weight excluding hydrogens is 338 g/mol. The molecular formula is C21H25N5O. The van der Waals surface area contributed by atoms with E-state index in [1.807, 2.05) is 31.2 Å². The van der Waals surface area contributed by atoms with Crippen LogP contribution in [-0.4, -0.2) is 54.9 Å². The van der Waals surface area contributed by atoms with E-state index in [2.05, 4.69) is 38.1 Å². The molecule has 6 nitrogen and oxygen atoms in total. The van der Waals surface area contributed by atoms with Crippen LogP contribution in [0.5, 0.6) is 0 Å². The second-order valence-electron chi connectivity index (χ2n) is 6.39. The van der Waals surface area contributed by atoms with Crippen LogP contribution in [0.3, 0.4) is 0 Å². The smallest absolute Gasteiger partial charge is 0.146 e. The SMILES string of the molecule is CCO/N=C(/CCN1CCN(c2ncccc2C#N)CC1)c1ccccc1. The van der Waals surface area contributed by atoms with Gasteiger partial charge in [-0.3, -0.25) is 4.90 Å². The Kier molecular flexibility index (Phi) is 6.78. The molecule has 0 atom stereocenters. The standard InChI is InChI=1S/C21H25N5O/c1-2-27-24-20(18-7-4-3-5-8-18)10-12-25-13-15-26(16-14-25)21-19(17-22)9-6-11-23-21/h3-9,11H,2,10,12-16H2,1H3/b24-20-. The van der Waals surface area contributed by atoms with Crippen molar-refractivity contribution in [3.05, 3.63) is 59.8 Å². The molecule has 1 aromatic heterocycles. The van der Waals surface area contributed by atoms with Crippen molar-refractivity contribution in [2.45, 2.75) is 13.3 Å². The van der Waals surface area contributed by atoms with Gasteiger partial charge in [-0.05, 0) is 24.6 Å². The van der Waals surface area contributed by atoms with E-state index in [0.717, 1.165) is 56.2 Å². The van der Waals surface area contributed by atoms with Crippen molar-refractivity contribution in [2.75, 3.05) is 44.2 Å². The highest BCUT2D eigenvalue weighted by Crippen LogP contribution is 2.18. The predicted octanol–water partition coefficient (Wildman–Crippen LogP) is 2.91. The quantitative estimate of drug-likeness (QED) is 0.559. The molecule has 1 aliphatic rings. The van der Waals surface area contributed by atoms with Gasteiger partial charge in [-0.1, -0.05) is 35.5 Å². The van der Waals surface area contributed by atoms with Gasteiger partial charge in [-0.15, -0.1) is 0 Å². The number of hydrogen-bond donors (Lipinski definition) is 0. The van der Waals surface area contributed by atoms with Crippen LogP contribution in [0.2, 0.25) is 0 Å². The minimum absolute atomic E-state index is 0.570. The number of nitrogens with zero attached hydrogens (tertiary/aromatic N) is 5. The number of oxime groups is 1. The van der Waals surface area contributed by atoms with Crippen LogP contribution >= 0.6 is 0 Å². The van der Waals surface area contributed by atoms with Crippen molar-refractivity contribution >= 4 is 11.5 Å². The average molecular weight is 363 g/mol. The third-order valence-corrected chi connectivity index (χ3v) is 4.65. The van der Waals surface area contributed by atoms with Crippen LogP contribution in [0.25, 0.3) is 0 Å². The maximum atomic E-state index is 9.27. The van der Waals surface area contributed by atoms with E-state index < -0.39 is 0 Å². The van der Waals surface area contributed by atoms with Gasteiger partial charge in [0.15, 0.2) is 0 Å². The van der Waals surface area contributed by atoms with Crippen LogP contribution in [0.1, 0.15) is 24.5 Å². The lowest BCUT2D eigenvalue weighted by molar-refractivity contribution is 0.157. The van der Waals surface area contributed by atoms with Crippen LogP contribution < -0.4 is 4.90 Å². The number of nitriles is 1. The summed E-state index contributed by atoms with van der Waals surface area (Å²) in [6.45, 7) is 7.07. The van der Waals surface area contributed by atoms with Gasteiger partial charge in [0.1, 0.15) is 18.5 Å². The van der Waals surface area contributed by atoms with E-state index in [9.17, 15) is 5.26 Å². The zero-order valence-electron chi connectivity index (χ0n) is 15.7. The molecule has 1 aliphatic heterocycles. The van der Waals surface area contributed by atoms with E-state index >= 15 is 0 Å². The van der Waals surface area contributed by atoms with Gasteiger partial charge in [0.25, 0.3) is 0 Å². The Hall–Kier alpha value is -2.91. The fourth-order valence-electron chi connectivity index (χ4n) is 3.20. The Morgan fingerprint density at radius 3 is 2.63 bits per heavy atom. The van der Waals surface area contributed by atoms with Gasteiger partial charge >= 0.3 is 0 Å². The van der Waals surface area contributed by atoms with Crippen molar-refractivity contribution in [3.63, 3.8) is 0 Å². The van der Waals surface area contributed by atoms with Gasteiger partial charge in [0.2, 0.25) is 0 Å². The number of anilines is 1. The molecule has 1 aromatic carbocycles. The molecule has 0 radical (unpaired) electrons. The topological polar surface area (TPSA) is 64.8 Å². The summed E-state index contributed by atoms with van der Waals surface area (Å²) in [4.78, 5) is 14.3. The lowest BCUT2D eigenvalue weighted by Gasteiger charge is -2.35. The van der Waals surface area contributed by atoms with Gasteiger partial charge in [0.05, 0.1) is 11.3 Å². The van der Waals surface area contributed by atoms with E-state index in [0.29, 0.717) is 12.2 Å². The fourth-order valence-corrected chi connectivity index (χ4v) is 3.20. The van der Waals surface area contributed by atoms with Crippen molar-refractivity contribution < 1.29 is 4.84 Å². The van der Waals surface area contributed by atoms with Crippen LogP contribution in [0.15, 0.2) is 53.8 Å². The number of aromatic nitrogens is 1. The highest BCUT2D eigenvalue weighted by Gasteiger charge is 2.20. The maximum Gasteiger partial charge on any atom is 0.146 e. The summed E-state index contributed by atoms with van der Waals surface area (Å²) in [5.74, 6) is 0.794. The summed E-state index contributed by atoms with van der Waals surface area (Å²) in [7, 11) is 0. The van der Waals surface area contributed by atoms with E-state index in [4.69, 9.17) is 4.84 Å². The molecule has 0 spiro atoms. The molecule has 6 heteroatoms. The highest BCUT2D eigenvalue weighted by molar-refractivity contribution is 6.00. The van der Waals surface area contributed by atoms with Gasteiger partial charge in [-0.25, -0.2) is 4.98 Å². The summed E-state index contributed by atoms with van der Waals surface area (Å²) in [6.07, 6.45) is 2.59. The molecule has 1 saturated heterocycles. The predicted molar refractivity (Wildman–Crippen MR) is 107 cm³/mol. The summed E-state index contributed by atoms with van der Waals surface area (Å²) in [6, 6.07) is 16.1. The molecule has 0 unspecified atom stereocenters. The summed E-state index contributed by atoms with van der Waals surface area (Å²) >= 11 is 0. The average Bonchev–Trinajstić information content (AvgIpc) is 2.75. The Labute approximate surface area is 160 Å². The molecule has 3 rings (SSSR count). The molecule has 0 saturated carbocycles. The molecule has 2 heterocycles. The maximum absolute atomic E-state index is 9.27. The van der Waals surface area contributed by atoms with Gasteiger partial charge in [0, 0.05) is 45.3 Å². The fraction of sp³-hybridized carbons (Fsp3) is 0.381. The second-order valence-corrected chi connectivity index (χ2v) is 6.39. The summed E-state index contributed by atoms with van der Waals surface area (Å²) < 4.78 is 0. The third kappa shape index (κ3) is 5.05. The first-order valence-corrected chi connectivity index (χ1v) is 9.38. The first kappa shape index (κ1) is 18.9. The van der Waals surface area contributed by atoms with Crippen LogP contribution in [0, 0.1) is 11.3 Å². The van der Waals surface area contributed by atoms with E-state index in [1.54, 1.807) is 12.3 Å². The van der Waals surface area contributed by atoms with Crippen molar-refractivity contribution in [1.82, 2.24) is 9.88 Å². The zero-order chi connectivity index (χ0) is 18.9. The molecule has 27 heavy (non-hydrogen) atoms. The zero-order valence-corrected chi connectivity index (χ0v) is 15.7. The molecule has 0 bridgehead atoms. The minimum atomic E-state index is 0.570. The third-order valence-electron chi connectivity index (χ3n) is 4.65. The Morgan fingerprint density at radius 1 is 1.15 bits per heavy atom. The van der Waals surface area contributed by atoms with Gasteiger partial charge in [-0.2, -0.15) is 5.26 Å². The summed E-state index contributed by atoms with van der Waals surface area (Å²) in [5, 5.41) is 13.6. The molecule has 2 aromatic rings. The highest BCUT2D eigenvalue weighted by atomic mass is 16.6. The first-order valence-electron chi connectivity index (χ1n) is 9.38. The number of benzene rings is 1. The van der Waals surface area contributed by atoms with Crippen LogP contribution in [0.4, 0.5) is 5.82 Å². The number of hydrogen-bond acceptors (Lipinski definition) is 6. The van der Waals surface area contributed by atoms with Crippen molar-refractivity contribution in [2.24, 2.45) is 5.16 Å². The lowest BCUT2D eigenvalue weighted by Crippen LogP contribution is -2.47. The van der Waals surface area contributed by atoms with Crippen LogP contribution in [-0.2, 0) is 4.84 Å². The molecule has 0 amide bonds. The molecule has 0 N–H and O–H groups in total. The number of piperazine rings is 1. The Bertz CT molecular complexity index is 792. The molecule has 0 aliphatic carbocycles. The monoisotopic (exact) mass is 363 g/mol. The number of rotatable bonds is 7. The lowest BCUT2D eigenvalue weighted by atomic mass is 10.1. The van der Waals surface area contributed by atoms with E-state index in [1.165, 1.54) is 0 Å². The first-order chi connectivity index (χ1) is 13.3. The van der Waals surface area contributed by atoms with E-state index in [-0.39, 0.29) is 0 Å². The van der Waals surface area contributed by atoms with Gasteiger partial charge < -0.3 is 9.74 Å². The van der Waals surface area contributed by atoms with Crippen molar-refractivity contribution in [3.8, 4) is 6.07 Å². The second kappa shape index (κ2) is 9.70. The summed E-state index contributed by atoms with van der Waals surface area (Å²) in [5.41, 5.74) is 2.73. The van der Waals surface area contributed by atoms with Crippen molar-refractivity contribution in [1.29, 1.82) is 5.26 Å². The largest absolute Gasteiger partial charge is 0.396 e. The Balaban J connectivity index is 1.56. The Morgan fingerprint density at radius 2 is 1.93 bits per heavy atom. The molecule has 1 fully saturated rings. The normalized spacial score (nSPS) is 15.4. The number of pyridine rings is 1. The molecule has 140 valence electrons. The minimum Gasteiger partial charge on any atom is -0.396 e.